The summed E-state index contributed by atoms with van der Waals surface area (Å²) in [7, 11) is -1.51. The van der Waals surface area contributed by atoms with Crippen LogP contribution in [0.4, 0.5) is 10.7 Å². The van der Waals surface area contributed by atoms with Crippen molar-refractivity contribution in [2.75, 3.05) is 26.1 Å². The van der Waals surface area contributed by atoms with E-state index in [4.69, 9.17) is 14.2 Å². The van der Waals surface area contributed by atoms with Gasteiger partial charge in [0.1, 0.15) is 0 Å². The molecular formula is C16H19N5O6S. The van der Waals surface area contributed by atoms with Crippen molar-refractivity contribution in [3.05, 3.63) is 29.8 Å². The Kier molecular flexibility index (Phi) is 5.90. The van der Waals surface area contributed by atoms with Crippen molar-refractivity contribution in [1.82, 2.24) is 19.7 Å². The molecule has 28 heavy (non-hydrogen) atoms. The first kappa shape index (κ1) is 19.8. The zero-order valence-electron chi connectivity index (χ0n) is 15.2. The van der Waals surface area contributed by atoms with Gasteiger partial charge in [0.05, 0.1) is 25.2 Å². The monoisotopic (exact) mass is 409 g/mol. The molecule has 1 atom stereocenters. The Hall–Kier alpha value is -2.99. The first-order valence-corrected chi connectivity index (χ1v) is 9.79. The number of aromatic nitrogens is 3. The van der Waals surface area contributed by atoms with Crippen LogP contribution in [-0.4, -0.2) is 50.2 Å². The Morgan fingerprint density at radius 1 is 1.14 bits per heavy atom. The van der Waals surface area contributed by atoms with Crippen LogP contribution in [0.1, 0.15) is 24.5 Å². The van der Waals surface area contributed by atoms with Crippen LogP contribution in [0, 0.1) is 0 Å². The molecule has 11 nitrogen and oxygen atoms in total. The van der Waals surface area contributed by atoms with Crippen molar-refractivity contribution in [2.24, 2.45) is 0 Å². The van der Waals surface area contributed by atoms with Gasteiger partial charge in [0, 0.05) is 12.2 Å². The molecule has 0 bridgehead atoms. The standard InChI is InChI=1S/C16H19N5O6S/c1-25-15-18-13(19-16(20-15)26-2)17-14(22)21-28(23,24)12-8-4-3-6-10(12)11-7-5-9-27-11/h3-4,6,8,11H,5,7,9H2,1-2H3,(H2,17,18,19,20,21,22). The maximum Gasteiger partial charge on any atom is 0.335 e. The molecule has 1 fully saturated rings. The maximum absolute atomic E-state index is 12.7. The first-order valence-electron chi connectivity index (χ1n) is 8.31. The molecule has 3 rings (SSSR count). The van der Waals surface area contributed by atoms with Crippen LogP contribution < -0.4 is 19.5 Å². The van der Waals surface area contributed by atoms with Crippen molar-refractivity contribution in [3.63, 3.8) is 0 Å². The summed E-state index contributed by atoms with van der Waals surface area (Å²) >= 11 is 0. The third-order valence-electron chi connectivity index (χ3n) is 3.90. The van der Waals surface area contributed by atoms with Gasteiger partial charge in [0.25, 0.3) is 10.0 Å². The summed E-state index contributed by atoms with van der Waals surface area (Å²) in [5.74, 6) is -0.233. The number of urea groups is 1. The van der Waals surface area contributed by atoms with Gasteiger partial charge in [-0.25, -0.2) is 17.9 Å². The van der Waals surface area contributed by atoms with E-state index in [2.05, 4.69) is 20.3 Å². The van der Waals surface area contributed by atoms with E-state index in [1.54, 1.807) is 18.2 Å². The number of ether oxygens (including phenoxy) is 3. The van der Waals surface area contributed by atoms with Gasteiger partial charge in [-0.3, -0.25) is 5.32 Å². The van der Waals surface area contributed by atoms with Gasteiger partial charge in [-0.2, -0.15) is 9.97 Å². The van der Waals surface area contributed by atoms with Crippen molar-refractivity contribution in [2.45, 2.75) is 23.8 Å². The van der Waals surface area contributed by atoms with Gasteiger partial charge in [-0.1, -0.05) is 18.2 Å². The highest BCUT2D eigenvalue weighted by Gasteiger charge is 2.27. The fourth-order valence-electron chi connectivity index (χ4n) is 2.69. The van der Waals surface area contributed by atoms with Crippen LogP contribution in [0.5, 0.6) is 12.0 Å². The molecule has 1 aliphatic heterocycles. The molecule has 2 amide bonds. The van der Waals surface area contributed by atoms with Crippen LogP contribution in [0.3, 0.4) is 0 Å². The zero-order valence-corrected chi connectivity index (χ0v) is 16.0. The number of methoxy groups -OCH3 is 2. The lowest BCUT2D eigenvalue weighted by Crippen LogP contribution is -2.35. The lowest BCUT2D eigenvalue weighted by Gasteiger charge is -2.15. The SMILES string of the molecule is COc1nc(NC(=O)NS(=O)(=O)c2ccccc2C2CCCO2)nc(OC)n1. The van der Waals surface area contributed by atoms with E-state index in [9.17, 15) is 13.2 Å². The number of carbonyl (C=O) groups is 1. The molecule has 1 aromatic heterocycles. The summed E-state index contributed by atoms with van der Waals surface area (Å²) in [5, 5.41) is 2.22. The number of nitrogens with one attached hydrogen (secondary N) is 2. The maximum atomic E-state index is 12.7. The molecule has 2 N–H and O–H groups in total. The molecule has 0 radical (unpaired) electrons. The minimum atomic E-state index is -4.15. The van der Waals surface area contributed by atoms with Gasteiger partial charge in [-0.15, -0.1) is 4.98 Å². The summed E-state index contributed by atoms with van der Waals surface area (Å²) in [6.07, 6.45) is 1.23. The molecule has 2 aromatic rings. The number of hydrogen-bond acceptors (Lipinski definition) is 9. The molecule has 150 valence electrons. The number of carbonyl (C=O) groups excluding carboxylic acids is 1. The Bertz CT molecular complexity index is 939. The molecule has 12 heteroatoms. The van der Waals surface area contributed by atoms with Gasteiger partial charge in [0.2, 0.25) is 5.95 Å². The highest BCUT2D eigenvalue weighted by Crippen LogP contribution is 2.32. The molecule has 1 unspecified atom stereocenters. The fourth-order valence-corrected chi connectivity index (χ4v) is 3.87. The first-order chi connectivity index (χ1) is 13.4. The molecular weight excluding hydrogens is 390 g/mol. The lowest BCUT2D eigenvalue weighted by atomic mass is 10.1. The predicted molar refractivity (Wildman–Crippen MR) is 96.6 cm³/mol. The predicted octanol–water partition coefficient (Wildman–Crippen LogP) is 1.25. The van der Waals surface area contributed by atoms with Gasteiger partial charge in [0.15, 0.2) is 0 Å². The van der Waals surface area contributed by atoms with Crippen LogP contribution in [0.2, 0.25) is 0 Å². The van der Waals surface area contributed by atoms with Gasteiger partial charge < -0.3 is 14.2 Å². The van der Waals surface area contributed by atoms with E-state index in [-0.39, 0.29) is 29.0 Å². The average Bonchev–Trinajstić information content (AvgIpc) is 3.21. The summed E-state index contributed by atoms with van der Waals surface area (Å²) in [5.41, 5.74) is 0.504. The highest BCUT2D eigenvalue weighted by molar-refractivity contribution is 7.90. The van der Waals surface area contributed by atoms with Gasteiger partial charge >= 0.3 is 18.1 Å². The normalized spacial score (nSPS) is 16.4. The molecule has 1 aliphatic rings. The average molecular weight is 409 g/mol. The van der Waals surface area contributed by atoms with Crippen molar-refractivity contribution >= 4 is 22.0 Å². The Balaban J connectivity index is 1.79. The largest absolute Gasteiger partial charge is 0.467 e. The third-order valence-corrected chi connectivity index (χ3v) is 5.30. The molecule has 0 spiro atoms. The van der Waals surface area contributed by atoms with E-state index in [1.807, 2.05) is 4.72 Å². The number of amides is 2. The van der Waals surface area contributed by atoms with Crippen LogP contribution in [0.15, 0.2) is 29.2 Å². The highest BCUT2D eigenvalue weighted by atomic mass is 32.2. The Morgan fingerprint density at radius 2 is 1.82 bits per heavy atom. The summed E-state index contributed by atoms with van der Waals surface area (Å²) in [6.45, 7) is 0.565. The molecule has 0 aliphatic carbocycles. The van der Waals surface area contributed by atoms with Gasteiger partial charge in [-0.05, 0) is 18.9 Å². The fraction of sp³-hybridized carbons (Fsp3) is 0.375. The summed E-state index contributed by atoms with van der Waals surface area (Å²) in [4.78, 5) is 23.6. The Morgan fingerprint density at radius 3 is 2.43 bits per heavy atom. The number of rotatable bonds is 6. The second-order valence-corrected chi connectivity index (χ2v) is 7.38. The van der Waals surface area contributed by atoms with Crippen LogP contribution in [-0.2, 0) is 14.8 Å². The van der Waals surface area contributed by atoms with Crippen LogP contribution in [0.25, 0.3) is 0 Å². The van der Waals surface area contributed by atoms with Crippen molar-refractivity contribution in [1.29, 1.82) is 0 Å². The van der Waals surface area contributed by atoms with Crippen LogP contribution >= 0.6 is 0 Å². The molecule has 0 saturated carbocycles. The second kappa shape index (κ2) is 8.35. The second-order valence-electron chi connectivity index (χ2n) is 5.73. The zero-order chi connectivity index (χ0) is 20.1. The lowest BCUT2D eigenvalue weighted by molar-refractivity contribution is 0.110. The Labute approximate surface area is 161 Å². The molecule has 2 heterocycles. The minimum absolute atomic E-state index is 0.0251. The summed E-state index contributed by atoms with van der Waals surface area (Å²) < 4.78 is 42.7. The van der Waals surface area contributed by atoms with E-state index in [1.165, 1.54) is 20.3 Å². The van der Waals surface area contributed by atoms with E-state index in [0.717, 1.165) is 6.42 Å². The topological polar surface area (TPSA) is 142 Å². The van der Waals surface area contributed by atoms with E-state index >= 15 is 0 Å². The molecule has 1 aromatic carbocycles. The number of hydrogen-bond donors (Lipinski definition) is 2. The number of sulfonamides is 1. The number of nitrogens with zero attached hydrogens (tertiary/aromatic N) is 3. The molecule has 1 saturated heterocycles. The summed E-state index contributed by atoms with van der Waals surface area (Å²) in [6, 6.07) is 5.14. The minimum Gasteiger partial charge on any atom is -0.467 e. The van der Waals surface area contributed by atoms with E-state index < -0.39 is 16.1 Å². The third kappa shape index (κ3) is 4.46. The quantitative estimate of drug-likeness (QED) is 0.721. The van der Waals surface area contributed by atoms with Crippen molar-refractivity contribution < 1.29 is 27.4 Å². The van der Waals surface area contributed by atoms with Crippen molar-refractivity contribution in [3.8, 4) is 12.0 Å². The van der Waals surface area contributed by atoms with E-state index in [0.29, 0.717) is 18.6 Å². The number of anilines is 1. The number of benzene rings is 1. The smallest absolute Gasteiger partial charge is 0.335 e.